The van der Waals surface area contributed by atoms with E-state index in [0.29, 0.717) is 32.2 Å². The smallest absolute Gasteiger partial charge is 0.227 e. The highest BCUT2D eigenvalue weighted by molar-refractivity contribution is 5.96. The van der Waals surface area contributed by atoms with E-state index in [1.807, 2.05) is 30.3 Å². The molecule has 25 heavy (non-hydrogen) atoms. The summed E-state index contributed by atoms with van der Waals surface area (Å²) < 4.78 is 13.1. The van der Waals surface area contributed by atoms with Gasteiger partial charge >= 0.3 is 0 Å². The molecule has 2 aromatic carbocycles. The Balaban J connectivity index is 1.42. The van der Waals surface area contributed by atoms with Crippen LogP contribution >= 0.6 is 0 Å². The van der Waals surface area contributed by atoms with Crippen LogP contribution in [0.2, 0.25) is 0 Å². The van der Waals surface area contributed by atoms with Crippen molar-refractivity contribution in [3.8, 4) is 0 Å². The van der Waals surface area contributed by atoms with Gasteiger partial charge in [-0.1, -0.05) is 30.3 Å². The van der Waals surface area contributed by atoms with Crippen molar-refractivity contribution in [2.24, 2.45) is 5.92 Å². The monoisotopic (exact) mass is 340 g/mol. The molecule has 0 fully saturated rings. The van der Waals surface area contributed by atoms with Crippen LogP contribution in [-0.2, 0) is 22.4 Å². The minimum Gasteiger partial charge on any atom is -0.356 e. The second-order valence-electron chi connectivity index (χ2n) is 6.32. The van der Waals surface area contributed by atoms with E-state index in [-0.39, 0.29) is 23.5 Å². The van der Waals surface area contributed by atoms with Crippen LogP contribution in [0.25, 0.3) is 0 Å². The van der Waals surface area contributed by atoms with Crippen molar-refractivity contribution in [3.63, 3.8) is 0 Å². The summed E-state index contributed by atoms with van der Waals surface area (Å²) in [6.45, 7) is 0.460. The van der Waals surface area contributed by atoms with E-state index in [1.165, 1.54) is 12.1 Å². The molecule has 0 aromatic heterocycles. The number of hydrogen-bond donors (Lipinski definition) is 2. The molecule has 1 atom stereocenters. The first kappa shape index (κ1) is 17.1. The number of hydrogen-bond acceptors (Lipinski definition) is 2. The Morgan fingerprint density at radius 3 is 2.88 bits per heavy atom. The highest BCUT2D eigenvalue weighted by atomic mass is 19.1. The summed E-state index contributed by atoms with van der Waals surface area (Å²) in [5, 5.41) is 5.73. The van der Waals surface area contributed by atoms with Gasteiger partial charge in [-0.3, -0.25) is 9.59 Å². The fraction of sp³-hybridized carbons (Fsp3) is 0.300. The Bertz CT molecular complexity index is 776. The average Bonchev–Trinajstić information content (AvgIpc) is 2.60. The molecule has 0 aliphatic carbocycles. The highest BCUT2D eigenvalue weighted by Crippen LogP contribution is 2.27. The number of fused-ring (bicyclic) bond motifs is 1. The van der Waals surface area contributed by atoms with E-state index in [1.54, 1.807) is 6.07 Å². The molecule has 1 heterocycles. The number of nitrogens with one attached hydrogen (secondary N) is 2. The largest absolute Gasteiger partial charge is 0.356 e. The number of carbonyl (C=O) groups is 2. The van der Waals surface area contributed by atoms with Crippen LogP contribution in [0.5, 0.6) is 0 Å². The van der Waals surface area contributed by atoms with Crippen LogP contribution in [0.15, 0.2) is 48.5 Å². The zero-order valence-electron chi connectivity index (χ0n) is 13.9. The quantitative estimate of drug-likeness (QED) is 0.849. The Morgan fingerprint density at radius 2 is 2.04 bits per heavy atom. The molecule has 130 valence electrons. The summed E-state index contributed by atoms with van der Waals surface area (Å²) in [4.78, 5) is 24.1. The molecule has 0 spiro atoms. The predicted molar refractivity (Wildman–Crippen MR) is 94.6 cm³/mol. The number of para-hydroxylation sites is 1. The van der Waals surface area contributed by atoms with Crippen molar-refractivity contribution in [3.05, 3.63) is 65.5 Å². The zero-order chi connectivity index (χ0) is 17.6. The van der Waals surface area contributed by atoms with Crippen LogP contribution in [0.4, 0.5) is 10.1 Å². The molecule has 2 amide bonds. The lowest BCUT2D eigenvalue weighted by atomic mass is 9.89. The SMILES string of the molecule is O=C(CC[C@H]1Cc2ccccc2NC1=O)NCCc1cccc(F)c1. The first-order valence-corrected chi connectivity index (χ1v) is 8.52. The normalized spacial score (nSPS) is 16.0. The molecular formula is C20H21FN2O2. The van der Waals surface area contributed by atoms with E-state index in [0.717, 1.165) is 16.8 Å². The predicted octanol–water partition coefficient (Wildman–Crippen LogP) is 3.08. The molecule has 4 nitrogen and oxygen atoms in total. The van der Waals surface area contributed by atoms with Gasteiger partial charge in [-0.2, -0.15) is 0 Å². The van der Waals surface area contributed by atoms with E-state index >= 15 is 0 Å². The topological polar surface area (TPSA) is 58.2 Å². The summed E-state index contributed by atoms with van der Waals surface area (Å²) >= 11 is 0. The van der Waals surface area contributed by atoms with Crippen molar-refractivity contribution >= 4 is 17.5 Å². The summed E-state index contributed by atoms with van der Waals surface area (Å²) in [6.07, 6.45) is 2.08. The van der Waals surface area contributed by atoms with E-state index < -0.39 is 0 Å². The van der Waals surface area contributed by atoms with Gasteiger partial charge in [0.2, 0.25) is 11.8 Å². The van der Waals surface area contributed by atoms with Crippen molar-refractivity contribution in [2.45, 2.75) is 25.7 Å². The number of benzene rings is 2. The van der Waals surface area contributed by atoms with Gasteiger partial charge in [0.1, 0.15) is 5.82 Å². The van der Waals surface area contributed by atoms with Crippen molar-refractivity contribution in [1.29, 1.82) is 0 Å². The molecule has 1 aliphatic rings. The van der Waals surface area contributed by atoms with Gasteiger partial charge < -0.3 is 10.6 Å². The Kier molecular flexibility index (Phi) is 5.43. The molecular weight excluding hydrogens is 319 g/mol. The average molecular weight is 340 g/mol. The number of carbonyl (C=O) groups excluding carboxylic acids is 2. The zero-order valence-corrected chi connectivity index (χ0v) is 13.9. The maximum atomic E-state index is 13.1. The molecule has 3 rings (SSSR count). The fourth-order valence-electron chi connectivity index (χ4n) is 3.08. The first-order valence-electron chi connectivity index (χ1n) is 8.52. The van der Waals surface area contributed by atoms with Gasteiger partial charge in [-0.25, -0.2) is 4.39 Å². The van der Waals surface area contributed by atoms with Gasteiger partial charge in [0.05, 0.1) is 0 Å². The lowest BCUT2D eigenvalue weighted by Gasteiger charge is -2.24. The molecule has 1 aliphatic heterocycles. The van der Waals surface area contributed by atoms with Crippen molar-refractivity contribution < 1.29 is 14.0 Å². The lowest BCUT2D eigenvalue weighted by Crippen LogP contribution is -2.32. The molecule has 2 N–H and O–H groups in total. The van der Waals surface area contributed by atoms with Gasteiger partial charge in [0.25, 0.3) is 0 Å². The number of halogens is 1. The Morgan fingerprint density at radius 1 is 1.20 bits per heavy atom. The molecule has 5 heteroatoms. The van der Waals surface area contributed by atoms with Crippen LogP contribution in [-0.4, -0.2) is 18.4 Å². The third-order valence-electron chi connectivity index (χ3n) is 4.46. The van der Waals surface area contributed by atoms with Crippen molar-refractivity contribution in [1.82, 2.24) is 5.32 Å². The molecule has 0 unspecified atom stereocenters. The number of anilines is 1. The fourth-order valence-corrected chi connectivity index (χ4v) is 3.08. The third-order valence-corrected chi connectivity index (χ3v) is 4.46. The summed E-state index contributed by atoms with van der Waals surface area (Å²) in [5.41, 5.74) is 2.82. The Hall–Kier alpha value is -2.69. The lowest BCUT2D eigenvalue weighted by molar-refractivity contribution is -0.122. The van der Waals surface area contributed by atoms with Gasteiger partial charge in [-0.05, 0) is 48.6 Å². The molecule has 0 radical (unpaired) electrons. The van der Waals surface area contributed by atoms with Crippen LogP contribution < -0.4 is 10.6 Å². The first-order chi connectivity index (χ1) is 12.1. The third kappa shape index (κ3) is 4.66. The van der Waals surface area contributed by atoms with Crippen LogP contribution in [0.3, 0.4) is 0 Å². The summed E-state index contributed by atoms with van der Waals surface area (Å²) in [7, 11) is 0. The van der Waals surface area contributed by atoms with Gasteiger partial charge in [0, 0.05) is 24.6 Å². The maximum Gasteiger partial charge on any atom is 0.227 e. The maximum absolute atomic E-state index is 13.1. The number of amides is 2. The second-order valence-corrected chi connectivity index (χ2v) is 6.32. The minimum absolute atomic E-state index is 0.0220. The molecule has 0 bridgehead atoms. The van der Waals surface area contributed by atoms with E-state index in [2.05, 4.69) is 10.6 Å². The highest BCUT2D eigenvalue weighted by Gasteiger charge is 2.26. The summed E-state index contributed by atoms with van der Waals surface area (Å²) in [5.74, 6) is -0.550. The standard InChI is InChI=1S/C20H21FN2O2/c21-17-6-3-4-14(12-17)10-11-22-19(24)9-8-16-13-15-5-1-2-7-18(15)23-20(16)25/h1-7,12,16H,8-11,13H2,(H,22,24)(H,23,25)/t16-/m0/s1. The minimum atomic E-state index is -0.271. The van der Waals surface area contributed by atoms with E-state index in [9.17, 15) is 14.0 Å². The summed E-state index contributed by atoms with van der Waals surface area (Å²) in [6, 6.07) is 14.1. The molecule has 2 aromatic rings. The van der Waals surface area contributed by atoms with Crippen LogP contribution in [0.1, 0.15) is 24.0 Å². The van der Waals surface area contributed by atoms with Crippen LogP contribution in [0, 0.1) is 11.7 Å². The molecule has 0 saturated heterocycles. The van der Waals surface area contributed by atoms with E-state index in [4.69, 9.17) is 0 Å². The second kappa shape index (κ2) is 7.92. The van der Waals surface area contributed by atoms with Gasteiger partial charge in [0.15, 0.2) is 0 Å². The van der Waals surface area contributed by atoms with Gasteiger partial charge in [-0.15, -0.1) is 0 Å². The Labute approximate surface area is 146 Å². The van der Waals surface area contributed by atoms with Crippen molar-refractivity contribution in [2.75, 3.05) is 11.9 Å². The number of rotatable bonds is 6. The molecule has 0 saturated carbocycles.